The molecular weight excluding hydrogens is 344 g/mol. The van der Waals surface area contributed by atoms with E-state index >= 15 is 0 Å². The van der Waals surface area contributed by atoms with E-state index in [4.69, 9.17) is 5.73 Å². The molecule has 0 bridgehead atoms. The fraction of sp³-hybridized carbons (Fsp3) is 0. The molecule has 0 aliphatic rings. The van der Waals surface area contributed by atoms with Crippen LogP contribution in [-0.2, 0) is 0 Å². The number of anilines is 3. The highest BCUT2D eigenvalue weighted by Crippen LogP contribution is 2.35. The van der Waals surface area contributed by atoms with Crippen molar-refractivity contribution < 1.29 is 4.79 Å². The van der Waals surface area contributed by atoms with Gasteiger partial charge in [0.2, 0.25) is 5.91 Å². The van der Waals surface area contributed by atoms with Crippen LogP contribution in [-0.4, -0.2) is 5.91 Å². The number of benzene rings is 4. The van der Waals surface area contributed by atoms with Gasteiger partial charge in [0, 0.05) is 22.6 Å². The molecule has 4 aromatic carbocycles. The molecule has 0 saturated carbocycles. The van der Waals surface area contributed by atoms with Crippen LogP contribution in [0.1, 0.15) is 10.4 Å². The normalized spacial score (nSPS) is 10.4. The van der Waals surface area contributed by atoms with Crippen LogP contribution >= 0.6 is 0 Å². The third-order valence-corrected chi connectivity index (χ3v) is 4.66. The van der Waals surface area contributed by atoms with E-state index in [1.807, 2.05) is 66.7 Å². The molecule has 3 heteroatoms. The molecule has 28 heavy (non-hydrogen) atoms. The standard InChI is InChI=1S/C25H20N2O/c26-25(28)24-14-8-7-13-23(24)19-15-17-22(18-16-19)27(20-9-3-1-4-10-20)21-11-5-2-6-12-21/h1-18H,(H2,26,28). The van der Waals surface area contributed by atoms with Crippen molar-refractivity contribution in [3.05, 3.63) is 115 Å². The molecular formula is C25H20N2O. The van der Waals surface area contributed by atoms with Crippen molar-refractivity contribution in [2.45, 2.75) is 0 Å². The number of hydrogen-bond acceptors (Lipinski definition) is 2. The van der Waals surface area contributed by atoms with Crippen molar-refractivity contribution in [2.24, 2.45) is 5.73 Å². The van der Waals surface area contributed by atoms with Gasteiger partial charge in [-0.15, -0.1) is 0 Å². The highest BCUT2D eigenvalue weighted by Gasteiger charge is 2.13. The lowest BCUT2D eigenvalue weighted by Crippen LogP contribution is -2.12. The molecule has 0 aromatic heterocycles. The van der Waals surface area contributed by atoms with Gasteiger partial charge in [0.25, 0.3) is 0 Å². The van der Waals surface area contributed by atoms with Crippen molar-refractivity contribution in [3.8, 4) is 11.1 Å². The van der Waals surface area contributed by atoms with Crippen LogP contribution in [0.2, 0.25) is 0 Å². The SMILES string of the molecule is NC(=O)c1ccccc1-c1ccc(N(c2ccccc2)c2ccccc2)cc1. The zero-order valence-electron chi connectivity index (χ0n) is 15.3. The fourth-order valence-corrected chi connectivity index (χ4v) is 3.34. The Hall–Kier alpha value is -3.85. The number of carbonyl (C=O) groups is 1. The molecule has 0 spiro atoms. The predicted molar refractivity (Wildman–Crippen MR) is 115 cm³/mol. The first-order valence-electron chi connectivity index (χ1n) is 9.13. The topological polar surface area (TPSA) is 46.3 Å². The van der Waals surface area contributed by atoms with Gasteiger partial charge >= 0.3 is 0 Å². The number of primary amides is 1. The average molecular weight is 364 g/mol. The molecule has 0 aliphatic carbocycles. The molecule has 0 atom stereocenters. The zero-order chi connectivity index (χ0) is 19.3. The van der Waals surface area contributed by atoms with Gasteiger partial charge in [0.15, 0.2) is 0 Å². The summed E-state index contributed by atoms with van der Waals surface area (Å²) in [5.74, 6) is -0.421. The van der Waals surface area contributed by atoms with Crippen LogP contribution in [0.15, 0.2) is 109 Å². The van der Waals surface area contributed by atoms with Crippen LogP contribution in [0.4, 0.5) is 17.1 Å². The first-order valence-corrected chi connectivity index (χ1v) is 9.13. The molecule has 0 aliphatic heterocycles. The van der Waals surface area contributed by atoms with Gasteiger partial charge in [-0.05, 0) is 53.6 Å². The van der Waals surface area contributed by atoms with Crippen molar-refractivity contribution in [1.82, 2.24) is 0 Å². The van der Waals surface area contributed by atoms with Crippen LogP contribution in [0.5, 0.6) is 0 Å². The summed E-state index contributed by atoms with van der Waals surface area (Å²) in [5.41, 5.74) is 11.1. The number of nitrogens with zero attached hydrogens (tertiary/aromatic N) is 1. The van der Waals surface area contributed by atoms with E-state index < -0.39 is 5.91 Å². The molecule has 2 N–H and O–H groups in total. The summed E-state index contributed by atoms with van der Waals surface area (Å²) in [6, 6.07) is 36.1. The van der Waals surface area contributed by atoms with Gasteiger partial charge in [-0.2, -0.15) is 0 Å². The van der Waals surface area contributed by atoms with Crippen molar-refractivity contribution in [3.63, 3.8) is 0 Å². The van der Waals surface area contributed by atoms with Gasteiger partial charge in [-0.1, -0.05) is 66.7 Å². The summed E-state index contributed by atoms with van der Waals surface area (Å²) in [5, 5.41) is 0. The highest BCUT2D eigenvalue weighted by atomic mass is 16.1. The number of nitrogens with two attached hydrogens (primary N) is 1. The smallest absolute Gasteiger partial charge is 0.249 e. The lowest BCUT2D eigenvalue weighted by Gasteiger charge is -2.25. The third-order valence-electron chi connectivity index (χ3n) is 4.66. The van der Waals surface area contributed by atoms with Gasteiger partial charge < -0.3 is 10.6 Å². The van der Waals surface area contributed by atoms with E-state index in [1.54, 1.807) is 6.07 Å². The van der Waals surface area contributed by atoms with Crippen LogP contribution in [0, 0.1) is 0 Å². The Morgan fingerprint density at radius 2 is 1.04 bits per heavy atom. The second kappa shape index (κ2) is 7.80. The molecule has 0 heterocycles. The largest absolute Gasteiger partial charge is 0.366 e. The first-order chi connectivity index (χ1) is 13.7. The van der Waals surface area contributed by atoms with E-state index in [0.29, 0.717) is 5.56 Å². The molecule has 0 radical (unpaired) electrons. The van der Waals surface area contributed by atoms with E-state index in [0.717, 1.165) is 28.2 Å². The monoisotopic (exact) mass is 364 g/mol. The molecule has 0 unspecified atom stereocenters. The molecule has 0 saturated heterocycles. The first kappa shape index (κ1) is 17.6. The number of carbonyl (C=O) groups excluding carboxylic acids is 1. The maximum atomic E-state index is 11.8. The number of amides is 1. The zero-order valence-corrected chi connectivity index (χ0v) is 15.3. The summed E-state index contributed by atoms with van der Waals surface area (Å²) in [6.07, 6.45) is 0. The maximum absolute atomic E-state index is 11.8. The third kappa shape index (κ3) is 3.51. The summed E-state index contributed by atoms with van der Waals surface area (Å²) in [7, 11) is 0. The van der Waals surface area contributed by atoms with Gasteiger partial charge in [-0.25, -0.2) is 0 Å². The summed E-state index contributed by atoms with van der Waals surface area (Å²) in [6.45, 7) is 0. The fourth-order valence-electron chi connectivity index (χ4n) is 3.34. The van der Waals surface area contributed by atoms with Gasteiger partial charge in [0.1, 0.15) is 0 Å². The highest BCUT2D eigenvalue weighted by molar-refractivity contribution is 6.00. The van der Waals surface area contributed by atoms with Gasteiger partial charge in [-0.3, -0.25) is 4.79 Å². The summed E-state index contributed by atoms with van der Waals surface area (Å²) >= 11 is 0. The lowest BCUT2D eigenvalue weighted by atomic mass is 9.99. The predicted octanol–water partition coefficient (Wildman–Crippen LogP) is 5.92. The van der Waals surface area contributed by atoms with E-state index in [2.05, 4.69) is 41.3 Å². The lowest BCUT2D eigenvalue weighted by molar-refractivity contribution is 0.100. The minimum absolute atomic E-state index is 0.421. The van der Waals surface area contributed by atoms with Crippen LogP contribution in [0.3, 0.4) is 0 Å². The molecule has 3 nitrogen and oxygen atoms in total. The van der Waals surface area contributed by atoms with E-state index in [-0.39, 0.29) is 0 Å². The molecule has 4 aromatic rings. The molecule has 1 amide bonds. The average Bonchev–Trinajstić information content (AvgIpc) is 2.76. The molecule has 4 rings (SSSR count). The minimum atomic E-state index is -0.421. The Labute approximate surface area is 164 Å². The summed E-state index contributed by atoms with van der Waals surface area (Å²) in [4.78, 5) is 14.0. The minimum Gasteiger partial charge on any atom is -0.366 e. The molecule has 0 fully saturated rings. The van der Waals surface area contributed by atoms with Crippen molar-refractivity contribution in [1.29, 1.82) is 0 Å². The van der Waals surface area contributed by atoms with Crippen LogP contribution in [0.25, 0.3) is 11.1 Å². The Kier molecular flexibility index (Phi) is 4.89. The number of para-hydroxylation sites is 2. The Balaban J connectivity index is 1.77. The Bertz CT molecular complexity index is 1030. The van der Waals surface area contributed by atoms with Crippen molar-refractivity contribution in [2.75, 3.05) is 4.90 Å². The summed E-state index contributed by atoms with van der Waals surface area (Å²) < 4.78 is 0. The Morgan fingerprint density at radius 1 is 0.571 bits per heavy atom. The maximum Gasteiger partial charge on any atom is 0.249 e. The van der Waals surface area contributed by atoms with Crippen LogP contribution < -0.4 is 10.6 Å². The quantitative estimate of drug-likeness (QED) is 0.477. The second-order valence-corrected chi connectivity index (χ2v) is 6.46. The van der Waals surface area contributed by atoms with E-state index in [1.165, 1.54) is 0 Å². The van der Waals surface area contributed by atoms with Crippen molar-refractivity contribution >= 4 is 23.0 Å². The van der Waals surface area contributed by atoms with Gasteiger partial charge in [0.05, 0.1) is 0 Å². The number of rotatable bonds is 5. The number of hydrogen-bond donors (Lipinski definition) is 1. The second-order valence-electron chi connectivity index (χ2n) is 6.46. The molecule has 136 valence electrons. The van der Waals surface area contributed by atoms with E-state index in [9.17, 15) is 4.79 Å². The Morgan fingerprint density at radius 3 is 1.57 bits per heavy atom.